The second-order valence-corrected chi connectivity index (χ2v) is 10.5. The van der Waals surface area contributed by atoms with Gasteiger partial charge < -0.3 is 14.9 Å². The van der Waals surface area contributed by atoms with Crippen molar-refractivity contribution in [2.45, 2.75) is 77.7 Å². The molecule has 216 valence electrons. The van der Waals surface area contributed by atoms with Crippen molar-refractivity contribution in [3.63, 3.8) is 0 Å². The Kier molecular flexibility index (Phi) is 11.0. The van der Waals surface area contributed by atoms with Gasteiger partial charge in [0.05, 0.1) is 26.4 Å². The molecule has 0 amide bonds. The van der Waals surface area contributed by atoms with Gasteiger partial charge in [0.25, 0.3) is 0 Å². The van der Waals surface area contributed by atoms with E-state index in [0.717, 1.165) is 35.1 Å². The van der Waals surface area contributed by atoms with Crippen molar-refractivity contribution in [2.24, 2.45) is 0 Å². The Bertz CT molecular complexity index is 1270. The Morgan fingerprint density at radius 1 is 0.825 bits per heavy atom. The first-order valence-corrected chi connectivity index (χ1v) is 14.4. The highest BCUT2D eigenvalue weighted by Gasteiger charge is 2.31. The number of methoxy groups -OCH3 is 1. The number of benzene rings is 3. The van der Waals surface area contributed by atoms with Crippen LogP contribution in [-0.4, -0.2) is 36.6 Å². The van der Waals surface area contributed by atoms with Crippen LogP contribution in [0.1, 0.15) is 81.2 Å². The fraction of sp³-hybridized carbons (Fsp3) is 0.429. The zero-order chi connectivity index (χ0) is 29.3. The van der Waals surface area contributed by atoms with Gasteiger partial charge in [0, 0.05) is 11.0 Å². The second-order valence-electron chi connectivity index (χ2n) is 10.5. The van der Waals surface area contributed by atoms with E-state index in [2.05, 4.69) is 69.3 Å². The summed E-state index contributed by atoms with van der Waals surface area (Å²) in [4.78, 5) is 9.76. The van der Waals surface area contributed by atoms with Crippen LogP contribution in [0.3, 0.4) is 0 Å². The standard InChI is InChI=1S/C35H46O5/c1-8-34(37,9-2)20-18-27-12-17-30(22-25(27)5)35(10-3,11-4)29-15-13-28(14-16-29)31-23-26(19-21-40-39-7)24-32(38-6)33(31)36/h12-18,20,22-24,36-37H,8-11,19,21H2,1-7H3/b20-18+. The molecule has 0 atom stereocenters. The van der Waals surface area contributed by atoms with E-state index in [0.29, 0.717) is 31.6 Å². The van der Waals surface area contributed by atoms with Gasteiger partial charge in [-0.15, -0.1) is 0 Å². The van der Waals surface area contributed by atoms with E-state index in [9.17, 15) is 10.2 Å². The highest BCUT2D eigenvalue weighted by Crippen LogP contribution is 2.42. The normalized spacial score (nSPS) is 12.3. The zero-order valence-corrected chi connectivity index (χ0v) is 25.2. The lowest BCUT2D eigenvalue weighted by atomic mass is 9.70. The molecule has 3 aromatic rings. The summed E-state index contributed by atoms with van der Waals surface area (Å²) in [5.41, 5.74) is 6.57. The summed E-state index contributed by atoms with van der Waals surface area (Å²) < 4.78 is 5.45. The SMILES string of the molecule is CCC(O)(/C=C/c1ccc(C(CC)(CC)c2ccc(-c3cc(CCOOC)cc(OC)c3O)cc2)cc1C)CC. The third-order valence-electron chi connectivity index (χ3n) is 8.52. The van der Waals surface area contributed by atoms with E-state index in [1.807, 2.05) is 32.1 Å². The second kappa shape index (κ2) is 14.0. The minimum atomic E-state index is -0.765. The van der Waals surface area contributed by atoms with Crippen molar-refractivity contribution in [1.29, 1.82) is 0 Å². The number of phenols is 1. The first-order chi connectivity index (χ1) is 19.2. The molecule has 0 saturated carbocycles. The molecule has 0 unspecified atom stereocenters. The van der Waals surface area contributed by atoms with Gasteiger partial charge in [-0.3, -0.25) is 0 Å². The number of aromatic hydroxyl groups is 1. The van der Waals surface area contributed by atoms with Gasteiger partial charge in [0.15, 0.2) is 11.5 Å². The van der Waals surface area contributed by atoms with Gasteiger partial charge in [0.2, 0.25) is 0 Å². The van der Waals surface area contributed by atoms with Crippen LogP contribution >= 0.6 is 0 Å². The molecule has 5 nitrogen and oxygen atoms in total. The molecule has 0 heterocycles. The Morgan fingerprint density at radius 2 is 1.48 bits per heavy atom. The first kappa shape index (κ1) is 31.4. The third kappa shape index (κ3) is 6.77. The topological polar surface area (TPSA) is 68.2 Å². The van der Waals surface area contributed by atoms with Gasteiger partial charge in [0.1, 0.15) is 0 Å². The van der Waals surface area contributed by atoms with Crippen LogP contribution in [0.4, 0.5) is 0 Å². The summed E-state index contributed by atoms with van der Waals surface area (Å²) in [6.45, 7) is 11.1. The molecule has 0 aromatic heterocycles. The molecule has 2 N–H and O–H groups in total. The Morgan fingerprint density at radius 3 is 2.02 bits per heavy atom. The first-order valence-electron chi connectivity index (χ1n) is 14.4. The predicted molar refractivity (Wildman–Crippen MR) is 164 cm³/mol. The van der Waals surface area contributed by atoms with Crippen LogP contribution in [-0.2, 0) is 21.6 Å². The van der Waals surface area contributed by atoms with Crippen molar-refractivity contribution in [2.75, 3.05) is 20.8 Å². The monoisotopic (exact) mass is 546 g/mol. The Hall–Kier alpha value is -3.12. The number of aliphatic hydroxyl groups is 1. The number of hydrogen-bond donors (Lipinski definition) is 2. The summed E-state index contributed by atoms with van der Waals surface area (Å²) in [6.07, 6.45) is 7.92. The lowest BCUT2D eigenvalue weighted by molar-refractivity contribution is -0.271. The molecule has 0 bridgehead atoms. The van der Waals surface area contributed by atoms with Gasteiger partial charge in [-0.05, 0) is 84.5 Å². The smallest absolute Gasteiger partial charge is 0.165 e. The van der Waals surface area contributed by atoms with Crippen molar-refractivity contribution in [3.8, 4) is 22.6 Å². The van der Waals surface area contributed by atoms with Crippen molar-refractivity contribution in [3.05, 3.63) is 88.5 Å². The van der Waals surface area contributed by atoms with Gasteiger partial charge in [-0.1, -0.05) is 82.3 Å². The maximum absolute atomic E-state index is 10.9. The average molecular weight is 547 g/mol. The molecule has 0 saturated heterocycles. The summed E-state index contributed by atoms with van der Waals surface area (Å²) in [7, 11) is 3.05. The van der Waals surface area contributed by atoms with E-state index in [1.165, 1.54) is 23.8 Å². The summed E-state index contributed by atoms with van der Waals surface area (Å²) in [5.74, 6) is 0.563. The molecule has 3 aromatic carbocycles. The van der Waals surface area contributed by atoms with Crippen molar-refractivity contribution < 1.29 is 24.7 Å². The summed E-state index contributed by atoms with van der Waals surface area (Å²) >= 11 is 0. The number of aryl methyl sites for hydroxylation is 1. The van der Waals surface area contributed by atoms with E-state index in [1.54, 1.807) is 7.11 Å². The van der Waals surface area contributed by atoms with Crippen molar-refractivity contribution >= 4 is 6.08 Å². The highest BCUT2D eigenvalue weighted by molar-refractivity contribution is 5.75. The number of ether oxygens (including phenoxy) is 1. The van der Waals surface area contributed by atoms with Crippen LogP contribution in [0.5, 0.6) is 11.5 Å². The molecule has 0 aliphatic rings. The Balaban J connectivity index is 1.98. The van der Waals surface area contributed by atoms with Crippen LogP contribution in [0, 0.1) is 6.92 Å². The molecule has 3 rings (SSSR count). The van der Waals surface area contributed by atoms with Gasteiger partial charge >= 0.3 is 0 Å². The summed E-state index contributed by atoms with van der Waals surface area (Å²) in [6, 6.07) is 19.0. The molecule has 0 spiro atoms. The quantitative estimate of drug-likeness (QED) is 0.121. The molecular weight excluding hydrogens is 500 g/mol. The maximum Gasteiger partial charge on any atom is 0.165 e. The molecule has 0 fully saturated rings. The maximum atomic E-state index is 10.9. The molecule has 0 aliphatic heterocycles. The molecule has 40 heavy (non-hydrogen) atoms. The lowest BCUT2D eigenvalue weighted by Gasteiger charge is -2.34. The average Bonchev–Trinajstić information content (AvgIpc) is 2.98. The minimum absolute atomic E-state index is 0.126. The van der Waals surface area contributed by atoms with Crippen LogP contribution < -0.4 is 4.74 Å². The van der Waals surface area contributed by atoms with Gasteiger partial charge in [-0.25, -0.2) is 9.78 Å². The van der Waals surface area contributed by atoms with E-state index < -0.39 is 5.60 Å². The van der Waals surface area contributed by atoms with Crippen LogP contribution in [0.2, 0.25) is 0 Å². The van der Waals surface area contributed by atoms with Gasteiger partial charge in [-0.2, -0.15) is 0 Å². The molecule has 5 heteroatoms. The molecule has 0 radical (unpaired) electrons. The highest BCUT2D eigenvalue weighted by atomic mass is 17.2. The largest absolute Gasteiger partial charge is 0.504 e. The van der Waals surface area contributed by atoms with Crippen molar-refractivity contribution in [1.82, 2.24) is 0 Å². The van der Waals surface area contributed by atoms with Crippen LogP contribution in [0.25, 0.3) is 17.2 Å². The Labute approximate surface area is 240 Å². The fourth-order valence-corrected chi connectivity index (χ4v) is 5.52. The number of rotatable bonds is 14. The lowest BCUT2D eigenvalue weighted by Crippen LogP contribution is -2.26. The van der Waals surface area contributed by atoms with E-state index in [-0.39, 0.29) is 11.2 Å². The fourth-order valence-electron chi connectivity index (χ4n) is 5.52. The molecule has 0 aliphatic carbocycles. The summed E-state index contributed by atoms with van der Waals surface area (Å²) in [5, 5.41) is 21.6. The predicted octanol–water partition coefficient (Wildman–Crippen LogP) is 8.17. The van der Waals surface area contributed by atoms with E-state index >= 15 is 0 Å². The third-order valence-corrected chi connectivity index (χ3v) is 8.52. The van der Waals surface area contributed by atoms with E-state index in [4.69, 9.17) is 14.5 Å². The minimum Gasteiger partial charge on any atom is -0.504 e. The molecular formula is C35H46O5. The van der Waals surface area contributed by atoms with Crippen LogP contribution in [0.15, 0.2) is 60.7 Å². The number of hydrogen-bond acceptors (Lipinski definition) is 5. The zero-order valence-electron chi connectivity index (χ0n) is 25.2. The number of phenolic OH excluding ortho intramolecular Hbond substituents is 1.